The second-order valence-electron chi connectivity index (χ2n) is 6.89. The van der Waals surface area contributed by atoms with Gasteiger partial charge in [-0.1, -0.05) is 0 Å². The third-order valence-corrected chi connectivity index (χ3v) is 6.43. The fourth-order valence-corrected chi connectivity index (χ4v) is 5.35. The zero-order chi connectivity index (χ0) is 14.8. The average Bonchev–Trinajstić information content (AvgIpc) is 2.92. The van der Waals surface area contributed by atoms with Crippen LogP contribution in [0.1, 0.15) is 32.8 Å². The highest BCUT2D eigenvalue weighted by Gasteiger charge is 2.34. The van der Waals surface area contributed by atoms with E-state index < -0.39 is 9.84 Å². The molecule has 1 aromatic rings. The zero-order valence-electron chi connectivity index (χ0n) is 12.6. The van der Waals surface area contributed by atoms with Crippen molar-refractivity contribution < 1.29 is 8.42 Å². The second kappa shape index (κ2) is 6.16. The summed E-state index contributed by atoms with van der Waals surface area (Å²) in [6.07, 6.45) is 1.80. The minimum absolute atomic E-state index is 0.0738. The van der Waals surface area contributed by atoms with Gasteiger partial charge in [0.25, 0.3) is 0 Å². The van der Waals surface area contributed by atoms with Crippen molar-refractivity contribution in [2.45, 2.75) is 39.2 Å². The van der Waals surface area contributed by atoms with Gasteiger partial charge in [-0.05, 0) is 74.4 Å². The Bertz CT molecular complexity index is 515. The quantitative estimate of drug-likeness (QED) is 0.909. The lowest BCUT2D eigenvalue weighted by Gasteiger charge is -2.28. The molecule has 0 saturated carbocycles. The van der Waals surface area contributed by atoms with Crippen molar-refractivity contribution in [2.75, 3.05) is 18.1 Å². The molecule has 2 atom stereocenters. The Morgan fingerprint density at radius 2 is 2.20 bits per heavy atom. The summed E-state index contributed by atoms with van der Waals surface area (Å²) in [5.74, 6) is 1.44. The van der Waals surface area contributed by atoms with Gasteiger partial charge in [0.2, 0.25) is 0 Å². The van der Waals surface area contributed by atoms with Gasteiger partial charge in [-0.15, -0.1) is 0 Å². The summed E-state index contributed by atoms with van der Waals surface area (Å²) in [6.45, 7) is 7.35. The fourth-order valence-electron chi connectivity index (χ4n) is 2.75. The molecule has 0 aromatic carbocycles. The maximum absolute atomic E-state index is 11.7. The van der Waals surface area contributed by atoms with Crippen LogP contribution in [-0.2, 0) is 16.3 Å². The van der Waals surface area contributed by atoms with Gasteiger partial charge in [-0.25, -0.2) is 8.42 Å². The predicted molar refractivity (Wildman–Crippen MR) is 86.0 cm³/mol. The monoisotopic (exact) mass is 315 g/mol. The van der Waals surface area contributed by atoms with Gasteiger partial charge < -0.3 is 5.32 Å². The van der Waals surface area contributed by atoms with E-state index in [2.05, 4.69) is 42.9 Å². The van der Waals surface area contributed by atoms with Crippen molar-refractivity contribution in [3.63, 3.8) is 0 Å². The van der Waals surface area contributed by atoms with Crippen molar-refractivity contribution in [1.82, 2.24) is 5.32 Å². The zero-order valence-corrected chi connectivity index (χ0v) is 14.2. The number of rotatable bonds is 5. The highest BCUT2D eigenvalue weighted by atomic mass is 32.2. The summed E-state index contributed by atoms with van der Waals surface area (Å²) in [5.41, 5.74) is 1.41. The van der Waals surface area contributed by atoms with Crippen molar-refractivity contribution in [1.29, 1.82) is 0 Å². The van der Waals surface area contributed by atoms with Gasteiger partial charge in [0.1, 0.15) is 0 Å². The Kier molecular flexibility index (Phi) is 4.92. The molecule has 1 aromatic heterocycles. The Morgan fingerprint density at radius 1 is 1.45 bits per heavy atom. The standard InChI is InChI=1S/C15H25NO2S2/c1-15(2,3)16-9-14(8-12-4-6-19-10-12)13-5-7-20(17,18)11-13/h4,6,10,13-14,16H,5,7-9,11H2,1-3H3. The van der Waals surface area contributed by atoms with E-state index in [0.717, 1.165) is 19.4 Å². The summed E-state index contributed by atoms with van der Waals surface area (Å²) in [7, 11) is -2.80. The lowest BCUT2D eigenvalue weighted by Crippen LogP contribution is -2.41. The molecule has 0 aliphatic carbocycles. The summed E-state index contributed by atoms with van der Waals surface area (Å²) in [5, 5.41) is 7.81. The van der Waals surface area contributed by atoms with Gasteiger partial charge in [-0.3, -0.25) is 0 Å². The van der Waals surface area contributed by atoms with Crippen LogP contribution in [-0.4, -0.2) is 32.0 Å². The number of sulfone groups is 1. The average molecular weight is 316 g/mol. The molecule has 1 fully saturated rings. The number of thiophene rings is 1. The second-order valence-corrected chi connectivity index (χ2v) is 9.90. The first-order chi connectivity index (χ1) is 9.25. The van der Waals surface area contributed by atoms with Crippen molar-refractivity contribution >= 4 is 21.2 Å². The summed E-state index contributed by atoms with van der Waals surface area (Å²) >= 11 is 1.71. The molecule has 0 spiro atoms. The van der Waals surface area contributed by atoms with E-state index in [9.17, 15) is 8.42 Å². The maximum Gasteiger partial charge on any atom is 0.150 e. The first-order valence-electron chi connectivity index (χ1n) is 7.22. The van der Waals surface area contributed by atoms with Crippen LogP contribution < -0.4 is 5.32 Å². The Balaban J connectivity index is 2.03. The third kappa shape index (κ3) is 4.86. The van der Waals surface area contributed by atoms with E-state index in [1.807, 2.05) is 0 Å². The smallest absolute Gasteiger partial charge is 0.150 e. The van der Waals surface area contributed by atoms with Crippen LogP contribution in [0, 0.1) is 11.8 Å². The van der Waals surface area contributed by atoms with Crippen LogP contribution in [0.5, 0.6) is 0 Å². The van der Waals surface area contributed by atoms with Crippen LogP contribution in [0.25, 0.3) is 0 Å². The number of hydrogen-bond acceptors (Lipinski definition) is 4. The van der Waals surface area contributed by atoms with Crippen LogP contribution >= 0.6 is 11.3 Å². The topological polar surface area (TPSA) is 46.2 Å². The minimum atomic E-state index is -2.80. The van der Waals surface area contributed by atoms with Crippen molar-refractivity contribution in [3.8, 4) is 0 Å². The Labute approximate surface area is 126 Å². The molecule has 3 nitrogen and oxygen atoms in total. The predicted octanol–water partition coefficient (Wildman–Crippen LogP) is 2.73. The van der Waals surface area contributed by atoms with Crippen LogP contribution in [0.4, 0.5) is 0 Å². The molecule has 5 heteroatoms. The molecule has 1 aliphatic rings. The molecular formula is C15H25NO2S2. The Morgan fingerprint density at radius 3 is 2.70 bits per heavy atom. The van der Waals surface area contributed by atoms with E-state index in [0.29, 0.717) is 23.3 Å². The third-order valence-electron chi connectivity index (χ3n) is 3.91. The first kappa shape index (κ1) is 16.0. The molecule has 20 heavy (non-hydrogen) atoms. The van der Waals surface area contributed by atoms with Crippen LogP contribution in [0.15, 0.2) is 16.8 Å². The van der Waals surface area contributed by atoms with E-state index in [-0.39, 0.29) is 5.54 Å². The normalized spacial score (nSPS) is 23.9. The molecule has 0 amide bonds. The fraction of sp³-hybridized carbons (Fsp3) is 0.733. The lowest BCUT2D eigenvalue weighted by atomic mass is 9.86. The molecule has 1 N–H and O–H groups in total. The molecule has 2 unspecified atom stereocenters. The molecule has 0 radical (unpaired) electrons. The SMILES string of the molecule is CC(C)(C)NCC(Cc1ccsc1)C1CCS(=O)(=O)C1. The highest BCUT2D eigenvalue weighted by Crippen LogP contribution is 2.29. The van der Waals surface area contributed by atoms with E-state index >= 15 is 0 Å². The highest BCUT2D eigenvalue weighted by molar-refractivity contribution is 7.91. The van der Waals surface area contributed by atoms with E-state index in [1.165, 1.54) is 5.56 Å². The molecule has 0 bridgehead atoms. The molecular weight excluding hydrogens is 290 g/mol. The molecule has 1 saturated heterocycles. The molecule has 2 rings (SSSR count). The molecule has 2 heterocycles. The van der Waals surface area contributed by atoms with Gasteiger partial charge in [0.05, 0.1) is 11.5 Å². The summed E-state index contributed by atoms with van der Waals surface area (Å²) in [6, 6.07) is 2.15. The lowest BCUT2D eigenvalue weighted by molar-refractivity contribution is 0.302. The van der Waals surface area contributed by atoms with Crippen LogP contribution in [0.2, 0.25) is 0 Å². The van der Waals surface area contributed by atoms with Gasteiger partial charge in [0.15, 0.2) is 9.84 Å². The summed E-state index contributed by atoms with van der Waals surface area (Å²) < 4.78 is 23.5. The van der Waals surface area contributed by atoms with Gasteiger partial charge >= 0.3 is 0 Å². The van der Waals surface area contributed by atoms with Crippen molar-refractivity contribution in [2.24, 2.45) is 11.8 Å². The number of nitrogens with one attached hydrogen (secondary N) is 1. The molecule has 114 valence electrons. The minimum Gasteiger partial charge on any atom is -0.312 e. The Hall–Kier alpha value is -0.390. The van der Waals surface area contributed by atoms with Gasteiger partial charge in [-0.2, -0.15) is 11.3 Å². The first-order valence-corrected chi connectivity index (χ1v) is 9.98. The van der Waals surface area contributed by atoms with Crippen LogP contribution in [0.3, 0.4) is 0 Å². The van der Waals surface area contributed by atoms with Crippen molar-refractivity contribution in [3.05, 3.63) is 22.4 Å². The molecule has 1 aliphatic heterocycles. The van der Waals surface area contributed by atoms with E-state index in [1.54, 1.807) is 11.3 Å². The van der Waals surface area contributed by atoms with Gasteiger partial charge in [0, 0.05) is 5.54 Å². The van der Waals surface area contributed by atoms with E-state index in [4.69, 9.17) is 0 Å². The summed E-state index contributed by atoms with van der Waals surface area (Å²) in [4.78, 5) is 0. The largest absolute Gasteiger partial charge is 0.312 e. The maximum atomic E-state index is 11.7. The number of hydrogen-bond donors (Lipinski definition) is 1.